The molecule has 176 valence electrons. The van der Waals surface area contributed by atoms with Gasteiger partial charge < -0.3 is 20.3 Å². The zero-order valence-corrected chi connectivity index (χ0v) is 22.0. The Morgan fingerprint density at radius 1 is 1.06 bits per heavy atom. The number of carbonyl (C=O) groups is 1. The first-order valence-corrected chi connectivity index (χ1v) is 13.3. The number of guanidine groups is 1. The van der Waals surface area contributed by atoms with Crippen molar-refractivity contribution in [2.75, 3.05) is 38.2 Å². The molecule has 3 atom stereocenters. The number of carbonyl (C=O) groups excluding carboxylic acids is 1. The van der Waals surface area contributed by atoms with Crippen LogP contribution >= 0.6 is 35.7 Å². The van der Waals surface area contributed by atoms with Crippen molar-refractivity contribution in [1.82, 2.24) is 15.5 Å². The molecule has 0 radical (unpaired) electrons. The molecule has 1 amide bonds. The Kier molecular flexibility index (Phi) is 8.00. The van der Waals surface area contributed by atoms with Gasteiger partial charge in [0.15, 0.2) is 5.96 Å². The van der Waals surface area contributed by atoms with E-state index in [4.69, 9.17) is 4.74 Å². The highest BCUT2D eigenvalue weighted by Crippen LogP contribution is 2.60. The van der Waals surface area contributed by atoms with Gasteiger partial charge in [-0.3, -0.25) is 9.79 Å². The van der Waals surface area contributed by atoms with Crippen molar-refractivity contribution in [3.63, 3.8) is 0 Å². The van der Waals surface area contributed by atoms with Gasteiger partial charge in [-0.15, -0.1) is 24.0 Å². The molecule has 6 nitrogen and oxygen atoms in total. The SMILES string of the molecule is CN=C(NC1CCC(C(=O)N2CCSCC2)CC1)NC1C2CCOC2C12CCCC2.I. The molecule has 3 unspecified atom stereocenters. The third-order valence-electron chi connectivity index (χ3n) is 8.54. The number of thioether (sulfide) groups is 1. The summed E-state index contributed by atoms with van der Waals surface area (Å²) in [5.74, 6) is 4.43. The van der Waals surface area contributed by atoms with E-state index in [1.807, 2.05) is 18.8 Å². The Balaban J connectivity index is 0.00000231. The van der Waals surface area contributed by atoms with Crippen LogP contribution in [0.3, 0.4) is 0 Å². The van der Waals surface area contributed by atoms with Crippen LogP contribution in [-0.4, -0.2) is 73.2 Å². The summed E-state index contributed by atoms with van der Waals surface area (Å²) in [6.07, 6.45) is 11.1. The summed E-state index contributed by atoms with van der Waals surface area (Å²) in [6.45, 7) is 2.80. The lowest BCUT2D eigenvalue weighted by Gasteiger charge is -2.57. The molecule has 2 N–H and O–H groups in total. The van der Waals surface area contributed by atoms with Crippen LogP contribution in [-0.2, 0) is 9.53 Å². The molecule has 3 aliphatic carbocycles. The zero-order valence-electron chi connectivity index (χ0n) is 18.8. The standard InChI is InChI=1S/C23H38N4O2S.HI/c1-24-22(26-19-18-8-13-29-20(18)23(19)9-2-3-10-23)25-17-6-4-16(5-7-17)21(28)27-11-14-30-15-12-27;/h16-20H,2-15H2,1H3,(H2,24,25,26);1H. The summed E-state index contributed by atoms with van der Waals surface area (Å²) in [7, 11) is 1.89. The predicted molar refractivity (Wildman–Crippen MR) is 137 cm³/mol. The number of hydrogen-bond donors (Lipinski definition) is 2. The second-order valence-electron chi connectivity index (χ2n) is 10.0. The number of hydrogen-bond acceptors (Lipinski definition) is 4. The topological polar surface area (TPSA) is 66.0 Å². The molecular weight excluding hydrogens is 523 g/mol. The number of rotatable bonds is 3. The van der Waals surface area contributed by atoms with E-state index >= 15 is 0 Å². The number of nitrogens with one attached hydrogen (secondary N) is 2. The van der Waals surface area contributed by atoms with Crippen molar-refractivity contribution in [3.8, 4) is 0 Å². The Bertz CT molecular complexity index is 658. The van der Waals surface area contributed by atoms with Crippen LogP contribution in [0.4, 0.5) is 0 Å². The molecule has 5 aliphatic rings. The summed E-state index contributed by atoms with van der Waals surface area (Å²) in [5.41, 5.74) is 0.343. The molecule has 0 aromatic rings. The van der Waals surface area contributed by atoms with Gasteiger partial charge in [0.1, 0.15) is 0 Å². The average Bonchev–Trinajstić information content (AvgIpc) is 3.46. The van der Waals surface area contributed by atoms with Gasteiger partial charge in [-0.2, -0.15) is 11.8 Å². The van der Waals surface area contributed by atoms with Gasteiger partial charge in [0.2, 0.25) is 5.91 Å². The van der Waals surface area contributed by atoms with Crippen LogP contribution < -0.4 is 10.6 Å². The number of ether oxygens (including phenoxy) is 1. The fourth-order valence-corrected chi connectivity index (χ4v) is 7.85. The average molecular weight is 563 g/mol. The zero-order chi connectivity index (χ0) is 20.6. The maximum Gasteiger partial charge on any atom is 0.225 e. The van der Waals surface area contributed by atoms with Gasteiger partial charge >= 0.3 is 0 Å². The molecule has 2 heterocycles. The largest absolute Gasteiger partial charge is 0.377 e. The van der Waals surface area contributed by atoms with Crippen LogP contribution in [0.1, 0.15) is 57.8 Å². The molecule has 3 saturated carbocycles. The number of halogens is 1. The first kappa shape index (κ1) is 23.9. The summed E-state index contributed by atoms with van der Waals surface area (Å²) < 4.78 is 6.13. The van der Waals surface area contributed by atoms with Crippen molar-refractivity contribution < 1.29 is 9.53 Å². The summed E-state index contributed by atoms with van der Waals surface area (Å²) in [4.78, 5) is 19.5. The second-order valence-corrected chi connectivity index (χ2v) is 11.2. The molecule has 0 aromatic heterocycles. The molecule has 5 rings (SSSR count). The van der Waals surface area contributed by atoms with Gasteiger partial charge in [0, 0.05) is 67.6 Å². The highest BCUT2D eigenvalue weighted by molar-refractivity contribution is 14.0. The van der Waals surface area contributed by atoms with E-state index in [-0.39, 0.29) is 29.9 Å². The fraction of sp³-hybridized carbons (Fsp3) is 0.913. The highest BCUT2D eigenvalue weighted by atomic mass is 127. The molecule has 0 bridgehead atoms. The van der Waals surface area contributed by atoms with Crippen molar-refractivity contribution >= 4 is 47.6 Å². The Morgan fingerprint density at radius 2 is 1.77 bits per heavy atom. The number of amides is 1. The van der Waals surface area contributed by atoms with Crippen molar-refractivity contribution in [1.29, 1.82) is 0 Å². The van der Waals surface area contributed by atoms with E-state index in [2.05, 4.69) is 20.5 Å². The van der Waals surface area contributed by atoms with E-state index < -0.39 is 0 Å². The summed E-state index contributed by atoms with van der Waals surface area (Å²) >= 11 is 1.96. The Labute approximate surface area is 208 Å². The third kappa shape index (κ3) is 4.59. The first-order chi connectivity index (χ1) is 14.7. The first-order valence-electron chi connectivity index (χ1n) is 12.2. The minimum absolute atomic E-state index is 0. The second kappa shape index (κ2) is 10.4. The van der Waals surface area contributed by atoms with E-state index in [0.29, 0.717) is 35.4 Å². The van der Waals surface area contributed by atoms with E-state index in [9.17, 15) is 4.79 Å². The van der Waals surface area contributed by atoms with Gasteiger partial charge in [-0.1, -0.05) is 12.8 Å². The minimum Gasteiger partial charge on any atom is -0.377 e. The van der Waals surface area contributed by atoms with Crippen LogP contribution in [0.5, 0.6) is 0 Å². The van der Waals surface area contributed by atoms with Crippen LogP contribution in [0, 0.1) is 17.3 Å². The summed E-state index contributed by atoms with van der Waals surface area (Å²) in [6, 6.07) is 0.931. The number of nitrogens with zero attached hydrogens (tertiary/aromatic N) is 2. The van der Waals surface area contributed by atoms with Gasteiger partial charge in [-0.05, 0) is 44.9 Å². The van der Waals surface area contributed by atoms with Crippen LogP contribution in [0.15, 0.2) is 4.99 Å². The van der Waals surface area contributed by atoms with Crippen molar-refractivity contribution in [2.45, 2.75) is 76.0 Å². The molecule has 2 aliphatic heterocycles. The maximum atomic E-state index is 12.8. The smallest absolute Gasteiger partial charge is 0.225 e. The Morgan fingerprint density at radius 3 is 2.45 bits per heavy atom. The molecule has 5 fully saturated rings. The third-order valence-corrected chi connectivity index (χ3v) is 9.48. The van der Waals surface area contributed by atoms with Crippen LogP contribution in [0.2, 0.25) is 0 Å². The lowest BCUT2D eigenvalue weighted by molar-refractivity contribution is -0.136. The minimum atomic E-state index is 0. The lowest BCUT2D eigenvalue weighted by atomic mass is 9.54. The van der Waals surface area contributed by atoms with Crippen LogP contribution in [0.25, 0.3) is 0 Å². The highest BCUT2D eigenvalue weighted by Gasteiger charge is 2.65. The molecule has 31 heavy (non-hydrogen) atoms. The lowest BCUT2D eigenvalue weighted by Crippen LogP contribution is -2.69. The monoisotopic (exact) mass is 562 g/mol. The predicted octanol–water partition coefficient (Wildman–Crippen LogP) is 3.25. The fourth-order valence-electron chi connectivity index (χ4n) is 6.94. The molecular formula is C23H39IN4O2S. The van der Waals surface area contributed by atoms with Gasteiger partial charge in [0.25, 0.3) is 0 Å². The number of fused-ring (bicyclic) bond motifs is 2. The van der Waals surface area contributed by atoms with Gasteiger partial charge in [-0.25, -0.2) is 0 Å². The molecule has 8 heteroatoms. The quantitative estimate of drug-likeness (QED) is 0.314. The normalized spacial score (nSPS) is 37.0. The maximum absolute atomic E-state index is 12.8. The molecule has 1 spiro atoms. The summed E-state index contributed by atoms with van der Waals surface area (Å²) in [5, 5.41) is 7.52. The van der Waals surface area contributed by atoms with Crippen molar-refractivity contribution in [2.24, 2.45) is 22.2 Å². The van der Waals surface area contributed by atoms with Crippen molar-refractivity contribution in [3.05, 3.63) is 0 Å². The van der Waals surface area contributed by atoms with E-state index in [0.717, 1.165) is 62.8 Å². The van der Waals surface area contributed by atoms with Gasteiger partial charge in [0.05, 0.1) is 6.10 Å². The number of aliphatic imine (C=N–C) groups is 1. The molecule has 0 aromatic carbocycles. The van der Waals surface area contributed by atoms with E-state index in [1.165, 1.54) is 32.1 Å². The van der Waals surface area contributed by atoms with E-state index in [1.54, 1.807) is 0 Å². The molecule has 2 saturated heterocycles. The Hall–Kier alpha value is -0.220.